The zero-order valence-corrected chi connectivity index (χ0v) is 12.0. The molecule has 0 aliphatic rings. The molecule has 6 heteroatoms. The topological polar surface area (TPSA) is 77.2 Å². The van der Waals surface area contributed by atoms with E-state index < -0.39 is 6.04 Å². The van der Waals surface area contributed by atoms with Crippen molar-refractivity contribution in [1.82, 2.24) is 4.98 Å². The van der Waals surface area contributed by atoms with Crippen LogP contribution in [-0.4, -0.2) is 30.6 Å². The van der Waals surface area contributed by atoms with Crippen molar-refractivity contribution in [1.29, 1.82) is 0 Å². The largest absolute Gasteiger partial charge is 0.385 e. The second-order valence-electron chi connectivity index (χ2n) is 4.29. The Morgan fingerprint density at radius 1 is 1.45 bits per heavy atom. The quantitative estimate of drug-likeness (QED) is 0.854. The van der Waals surface area contributed by atoms with Crippen molar-refractivity contribution in [3.8, 4) is 10.6 Å². The maximum absolute atomic E-state index is 11.8. The first kappa shape index (κ1) is 14.6. The van der Waals surface area contributed by atoms with Gasteiger partial charge in [-0.05, 0) is 30.7 Å². The summed E-state index contributed by atoms with van der Waals surface area (Å²) < 4.78 is 4.90. The van der Waals surface area contributed by atoms with E-state index in [0.717, 1.165) is 16.3 Å². The van der Waals surface area contributed by atoms with E-state index in [1.807, 2.05) is 29.6 Å². The van der Waals surface area contributed by atoms with Crippen LogP contribution in [-0.2, 0) is 9.53 Å². The first-order valence-electron chi connectivity index (χ1n) is 6.26. The number of amides is 1. The van der Waals surface area contributed by atoms with E-state index >= 15 is 0 Å². The molecule has 5 nitrogen and oxygen atoms in total. The van der Waals surface area contributed by atoms with Crippen LogP contribution in [0.15, 0.2) is 35.8 Å². The molecule has 2 aromatic rings. The molecule has 1 amide bonds. The number of nitrogens with two attached hydrogens (primary N) is 1. The second-order valence-corrected chi connectivity index (χ2v) is 5.19. The smallest absolute Gasteiger partial charge is 0.241 e. The molecule has 0 radical (unpaired) electrons. The van der Waals surface area contributed by atoms with Crippen LogP contribution in [0.4, 0.5) is 5.69 Å². The fraction of sp³-hybridized carbons (Fsp3) is 0.286. The number of hydrogen-bond acceptors (Lipinski definition) is 5. The number of nitrogens with zero attached hydrogens (tertiary/aromatic N) is 1. The third kappa shape index (κ3) is 3.86. The number of anilines is 1. The molecule has 2 rings (SSSR count). The fourth-order valence-corrected chi connectivity index (χ4v) is 2.32. The monoisotopic (exact) mass is 291 g/mol. The third-order valence-corrected chi connectivity index (χ3v) is 3.62. The summed E-state index contributed by atoms with van der Waals surface area (Å²) in [5.41, 5.74) is 7.51. The molecule has 1 unspecified atom stereocenters. The number of nitrogens with one attached hydrogen (secondary N) is 1. The number of methoxy groups -OCH3 is 1. The summed E-state index contributed by atoms with van der Waals surface area (Å²) in [6.07, 6.45) is 2.27. The summed E-state index contributed by atoms with van der Waals surface area (Å²) in [7, 11) is 1.59. The fourth-order valence-electron chi connectivity index (χ4n) is 1.67. The predicted molar refractivity (Wildman–Crippen MR) is 80.6 cm³/mol. The lowest BCUT2D eigenvalue weighted by Gasteiger charge is -2.11. The minimum atomic E-state index is -0.561. The van der Waals surface area contributed by atoms with Crippen LogP contribution < -0.4 is 11.1 Å². The van der Waals surface area contributed by atoms with Crippen LogP contribution in [0, 0.1) is 0 Å². The molecule has 1 aromatic carbocycles. The van der Waals surface area contributed by atoms with E-state index in [1.165, 1.54) is 0 Å². The highest BCUT2D eigenvalue weighted by molar-refractivity contribution is 7.13. The molecule has 0 saturated carbocycles. The maximum Gasteiger partial charge on any atom is 0.241 e. The third-order valence-electron chi connectivity index (χ3n) is 2.80. The lowest BCUT2D eigenvalue weighted by molar-refractivity contribution is -0.117. The Kier molecular flexibility index (Phi) is 5.23. The van der Waals surface area contributed by atoms with E-state index in [4.69, 9.17) is 10.5 Å². The van der Waals surface area contributed by atoms with Gasteiger partial charge < -0.3 is 15.8 Å². The molecule has 1 atom stereocenters. The Morgan fingerprint density at radius 2 is 2.20 bits per heavy atom. The summed E-state index contributed by atoms with van der Waals surface area (Å²) >= 11 is 1.58. The Bertz CT molecular complexity index is 540. The average Bonchev–Trinajstić information content (AvgIpc) is 2.99. The molecule has 0 bridgehead atoms. The summed E-state index contributed by atoms with van der Waals surface area (Å²) in [6, 6.07) is 6.98. The van der Waals surface area contributed by atoms with Crippen molar-refractivity contribution >= 4 is 22.9 Å². The Hall–Kier alpha value is -1.76. The molecule has 1 aromatic heterocycles. The van der Waals surface area contributed by atoms with Crippen molar-refractivity contribution in [2.75, 3.05) is 19.0 Å². The highest BCUT2D eigenvalue weighted by atomic mass is 32.1. The number of rotatable bonds is 6. The Labute approximate surface area is 121 Å². The van der Waals surface area contributed by atoms with Crippen LogP contribution in [0.1, 0.15) is 6.42 Å². The molecule has 0 spiro atoms. The van der Waals surface area contributed by atoms with Gasteiger partial charge in [-0.25, -0.2) is 4.98 Å². The van der Waals surface area contributed by atoms with Crippen molar-refractivity contribution in [3.63, 3.8) is 0 Å². The predicted octanol–water partition coefficient (Wildman–Crippen LogP) is 2.11. The van der Waals surface area contributed by atoms with Crippen LogP contribution in [0.25, 0.3) is 10.6 Å². The molecule has 20 heavy (non-hydrogen) atoms. The van der Waals surface area contributed by atoms with E-state index in [-0.39, 0.29) is 5.91 Å². The van der Waals surface area contributed by atoms with E-state index in [0.29, 0.717) is 13.0 Å². The van der Waals surface area contributed by atoms with E-state index in [9.17, 15) is 4.79 Å². The minimum Gasteiger partial charge on any atom is -0.385 e. The number of thiazole rings is 1. The molecule has 3 N–H and O–H groups in total. The van der Waals surface area contributed by atoms with Crippen LogP contribution in [0.3, 0.4) is 0 Å². The van der Waals surface area contributed by atoms with Crippen molar-refractivity contribution in [2.45, 2.75) is 12.5 Å². The summed E-state index contributed by atoms with van der Waals surface area (Å²) in [4.78, 5) is 16.1. The number of aromatic nitrogens is 1. The number of benzene rings is 1. The standard InChI is InChI=1S/C14H17N3O2S/c1-19-8-6-12(15)13(18)17-11-4-2-10(3-5-11)14-16-7-9-20-14/h2-5,7,9,12H,6,8,15H2,1H3,(H,17,18). The van der Waals surface area contributed by atoms with Gasteiger partial charge >= 0.3 is 0 Å². The Balaban J connectivity index is 1.95. The summed E-state index contributed by atoms with van der Waals surface area (Å²) in [5.74, 6) is -0.205. The normalized spacial score (nSPS) is 12.1. The zero-order chi connectivity index (χ0) is 14.4. The van der Waals surface area contributed by atoms with Gasteiger partial charge in [0.15, 0.2) is 0 Å². The average molecular weight is 291 g/mol. The van der Waals surface area contributed by atoms with Crippen LogP contribution >= 0.6 is 11.3 Å². The molecule has 106 valence electrons. The minimum absolute atomic E-state index is 0.205. The first-order chi connectivity index (χ1) is 9.70. The first-order valence-corrected chi connectivity index (χ1v) is 7.14. The molecule has 1 heterocycles. The maximum atomic E-state index is 11.8. The van der Waals surface area contributed by atoms with E-state index in [2.05, 4.69) is 10.3 Å². The van der Waals surface area contributed by atoms with Gasteiger partial charge in [-0.2, -0.15) is 0 Å². The second kappa shape index (κ2) is 7.14. The van der Waals surface area contributed by atoms with Crippen molar-refractivity contribution in [3.05, 3.63) is 35.8 Å². The van der Waals surface area contributed by atoms with Crippen molar-refractivity contribution < 1.29 is 9.53 Å². The molecular formula is C14H17N3O2S. The van der Waals surface area contributed by atoms with Gasteiger partial charge in [0.1, 0.15) is 5.01 Å². The highest BCUT2D eigenvalue weighted by Gasteiger charge is 2.13. The lowest BCUT2D eigenvalue weighted by Crippen LogP contribution is -2.36. The molecular weight excluding hydrogens is 274 g/mol. The van der Waals surface area contributed by atoms with Crippen LogP contribution in [0.2, 0.25) is 0 Å². The number of hydrogen-bond donors (Lipinski definition) is 2. The lowest BCUT2D eigenvalue weighted by atomic mass is 10.2. The number of ether oxygens (including phenoxy) is 1. The van der Waals surface area contributed by atoms with Gasteiger partial charge in [0.05, 0.1) is 6.04 Å². The number of carbonyl (C=O) groups is 1. The van der Waals surface area contributed by atoms with Gasteiger partial charge in [-0.15, -0.1) is 11.3 Å². The number of carbonyl (C=O) groups excluding carboxylic acids is 1. The Morgan fingerprint density at radius 3 is 2.80 bits per heavy atom. The zero-order valence-electron chi connectivity index (χ0n) is 11.2. The molecule has 0 aliphatic carbocycles. The van der Waals surface area contributed by atoms with Crippen LogP contribution in [0.5, 0.6) is 0 Å². The summed E-state index contributed by atoms with van der Waals surface area (Å²) in [5, 5.41) is 5.68. The highest BCUT2D eigenvalue weighted by Crippen LogP contribution is 2.23. The van der Waals surface area contributed by atoms with Gasteiger partial charge in [-0.3, -0.25) is 4.79 Å². The van der Waals surface area contributed by atoms with Gasteiger partial charge in [-0.1, -0.05) is 0 Å². The van der Waals surface area contributed by atoms with Gasteiger partial charge in [0.25, 0.3) is 0 Å². The summed E-state index contributed by atoms with van der Waals surface area (Å²) in [6.45, 7) is 0.470. The van der Waals surface area contributed by atoms with Gasteiger partial charge in [0.2, 0.25) is 5.91 Å². The molecule has 0 saturated heterocycles. The SMILES string of the molecule is COCCC(N)C(=O)Nc1ccc(-c2nccs2)cc1. The molecule has 0 fully saturated rings. The van der Waals surface area contributed by atoms with Crippen molar-refractivity contribution in [2.24, 2.45) is 5.73 Å². The van der Waals surface area contributed by atoms with E-state index in [1.54, 1.807) is 24.6 Å². The van der Waals surface area contributed by atoms with Gasteiger partial charge in [0, 0.05) is 36.5 Å². The molecule has 0 aliphatic heterocycles.